The molecule has 1 saturated heterocycles. The molecule has 1 fully saturated rings. The summed E-state index contributed by atoms with van der Waals surface area (Å²) in [6.45, 7) is 2.68. The standard InChI is InChI=1S/C24H21N3O4/c1-15(28)16-8-11-20(12-9-16)25-21(29)14-27-22(30)24(2,26-23(27)31)19-10-7-17-5-3-4-6-18(17)13-19/h3-13H,14H2,1-2H3,(H,25,29)(H,26,31). The van der Waals surface area contributed by atoms with Crippen LogP contribution in [0, 0.1) is 0 Å². The van der Waals surface area contributed by atoms with Crippen molar-refractivity contribution in [2.75, 3.05) is 11.9 Å². The number of anilines is 1. The molecule has 1 unspecified atom stereocenters. The molecule has 4 amide bonds. The molecule has 3 aromatic carbocycles. The average Bonchev–Trinajstić information content (AvgIpc) is 2.97. The molecule has 156 valence electrons. The van der Waals surface area contributed by atoms with Crippen LogP contribution >= 0.6 is 0 Å². The number of nitrogens with one attached hydrogen (secondary N) is 2. The Morgan fingerprint density at radius 2 is 1.65 bits per heavy atom. The third-order valence-electron chi connectivity index (χ3n) is 5.48. The van der Waals surface area contributed by atoms with Gasteiger partial charge in [-0.25, -0.2) is 4.79 Å². The zero-order valence-corrected chi connectivity index (χ0v) is 17.1. The topological polar surface area (TPSA) is 95.6 Å². The lowest BCUT2D eigenvalue weighted by atomic mass is 9.90. The van der Waals surface area contributed by atoms with E-state index in [0.29, 0.717) is 16.8 Å². The van der Waals surface area contributed by atoms with Crippen molar-refractivity contribution in [3.8, 4) is 0 Å². The second kappa shape index (κ2) is 7.68. The highest BCUT2D eigenvalue weighted by Gasteiger charge is 2.49. The summed E-state index contributed by atoms with van der Waals surface area (Å²) < 4.78 is 0. The Balaban J connectivity index is 1.50. The van der Waals surface area contributed by atoms with Crippen molar-refractivity contribution >= 4 is 40.1 Å². The van der Waals surface area contributed by atoms with E-state index in [0.717, 1.165) is 15.7 Å². The van der Waals surface area contributed by atoms with Gasteiger partial charge in [0.05, 0.1) is 0 Å². The fourth-order valence-electron chi connectivity index (χ4n) is 3.67. The van der Waals surface area contributed by atoms with Crippen LogP contribution in [0.2, 0.25) is 0 Å². The van der Waals surface area contributed by atoms with E-state index in [1.165, 1.54) is 6.92 Å². The minimum atomic E-state index is -1.26. The van der Waals surface area contributed by atoms with Gasteiger partial charge in [-0.15, -0.1) is 0 Å². The largest absolute Gasteiger partial charge is 0.325 e. The summed E-state index contributed by atoms with van der Waals surface area (Å²) in [5, 5.41) is 7.34. The molecule has 0 bridgehead atoms. The summed E-state index contributed by atoms with van der Waals surface area (Å²) in [5.41, 5.74) is 0.384. The summed E-state index contributed by atoms with van der Waals surface area (Å²) in [6, 6.07) is 19.1. The molecule has 1 aliphatic rings. The number of nitrogens with zero attached hydrogens (tertiary/aromatic N) is 1. The molecule has 1 heterocycles. The van der Waals surface area contributed by atoms with Crippen molar-refractivity contribution in [1.82, 2.24) is 10.2 Å². The number of benzene rings is 3. The monoisotopic (exact) mass is 415 g/mol. The third-order valence-corrected chi connectivity index (χ3v) is 5.48. The van der Waals surface area contributed by atoms with Crippen LogP contribution in [0.4, 0.5) is 10.5 Å². The smallest absolute Gasteiger partial charge is 0.325 e. The lowest BCUT2D eigenvalue weighted by molar-refractivity contribution is -0.133. The molecule has 0 aliphatic carbocycles. The number of hydrogen-bond donors (Lipinski definition) is 2. The molecular formula is C24H21N3O4. The van der Waals surface area contributed by atoms with E-state index in [2.05, 4.69) is 10.6 Å². The second-order valence-electron chi connectivity index (χ2n) is 7.69. The Kier molecular flexibility index (Phi) is 5.02. The Labute approximate surface area is 179 Å². The van der Waals surface area contributed by atoms with Crippen LogP contribution in [0.1, 0.15) is 29.8 Å². The number of carbonyl (C=O) groups is 4. The molecule has 7 heteroatoms. The highest BCUT2D eigenvalue weighted by molar-refractivity contribution is 6.10. The first-order chi connectivity index (χ1) is 14.8. The summed E-state index contributed by atoms with van der Waals surface area (Å²) in [6.07, 6.45) is 0. The van der Waals surface area contributed by atoms with E-state index in [1.807, 2.05) is 36.4 Å². The summed E-state index contributed by atoms with van der Waals surface area (Å²) in [4.78, 5) is 50.3. The molecule has 1 atom stereocenters. The van der Waals surface area contributed by atoms with E-state index in [4.69, 9.17) is 0 Å². The van der Waals surface area contributed by atoms with Crippen LogP contribution in [0.15, 0.2) is 66.7 Å². The molecule has 0 saturated carbocycles. The molecule has 1 aliphatic heterocycles. The van der Waals surface area contributed by atoms with Crippen LogP contribution in [-0.2, 0) is 15.1 Å². The number of ketones is 1. The number of carbonyl (C=O) groups excluding carboxylic acids is 4. The van der Waals surface area contributed by atoms with E-state index >= 15 is 0 Å². The van der Waals surface area contributed by atoms with Gasteiger partial charge in [0, 0.05) is 11.3 Å². The van der Waals surface area contributed by atoms with Crippen molar-refractivity contribution in [2.45, 2.75) is 19.4 Å². The minimum absolute atomic E-state index is 0.0785. The first-order valence-corrected chi connectivity index (χ1v) is 9.82. The van der Waals surface area contributed by atoms with Gasteiger partial charge in [-0.05, 0) is 60.5 Å². The molecule has 3 aromatic rings. The fourth-order valence-corrected chi connectivity index (χ4v) is 3.67. The maximum Gasteiger partial charge on any atom is 0.325 e. The first kappa shape index (κ1) is 20.3. The number of imide groups is 1. The Bertz CT molecular complexity index is 1220. The van der Waals surface area contributed by atoms with Gasteiger partial charge in [0.2, 0.25) is 5.91 Å². The van der Waals surface area contributed by atoms with Crippen LogP contribution in [-0.4, -0.2) is 35.1 Å². The molecule has 7 nitrogen and oxygen atoms in total. The van der Waals surface area contributed by atoms with Crippen LogP contribution in [0.3, 0.4) is 0 Å². The van der Waals surface area contributed by atoms with E-state index in [9.17, 15) is 19.2 Å². The van der Waals surface area contributed by atoms with Crippen LogP contribution in [0.25, 0.3) is 10.8 Å². The van der Waals surface area contributed by atoms with Crippen molar-refractivity contribution in [1.29, 1.82) is 0 Å². The minimum Gasteiger partial charge on any atom is -0.325 e. The molecule has 0 aromatic heterocycles. The third kappa shape index (κ3) is 3.77. The van der Waals surface area contributed by atoms with Gasteiger partial charge in [0.25, 0.3) is 5.91 Å². The van der Waals surface area contributed by atoms with E-state index in [1.54, 1.807) is 37.3 Å². The SMILES string of the molecule is CC(=O)c1ccc(NC(=O)CN2C(=O)NC(C)(c3ccc4ccccc4c3)C2=O)cc1. The Morgan fingerprint density at radius 3 is 2.32 bits per heavy atom. The zero-order valence-electron chi connectivity index (χ0n) is 17.1. The molecule has 0 radical (unpaired) electrons. The molecule has 31 heavy (non-hydrogen) atoms. The van der Waals surface area contributed by atoms with E-state index in [-0.39, 0.29) is 5.78 Å². The second-order valence-corrected chi connectivity index (χ2v) is 7.69. The lowest BCUT2D eigenvalue weighted by Gasteiger charge is -2.22. The van der Waals surface area contributed by atoms with Gasteiger partial charge in [0.15, 0.2) is 5.78 Å². The normalized spacial score (nSPS) is 18.2. The molecule has 0 spiro atoms. The quantitative estimate of drug-likeness (QED) is 0.493. The van der Waals surface area contributed by atoms with Gasteiger partial charge >= 0.3 is 6.03 Å². The number of Topliss-reactive ketones (excluding diaryl/α,β-unsaturated/α-hetero) is 1. The summed E-state index contributed by atoms with van der Waals surface area (Å²) in [5.74, 6) is -1.08. The maximum atomic E-state index is 13.1. The highest BCUT2D eigenvalue weighted by atomic mass is 16.2. The van der Waals surface area contributed by atoms with Crippen molar-refractivity contribution in [3.63, 3.8) is 0 Å². The number of rotatable bonds is 5. The van der Waals surface area contributed by atoms with Crippen LogP contribution in [0.5, 0.6) is 0 Å². The zero-order chi connectivity index (χ0) is 22.2. The van der Waals surface area contributed by atoms with Crippen molar-refractivity contribution in [3.05, 3.63) is 77.9 Å². The maximum absolute atomic E-state index is 13.1. The van der Waals surface area contributed by atoms with E-state index < -0.39 is 29.9 Å². The lowest BCUT2D eigenvalue weighted by Crippen LogP contribution is -2.42. The highest BCUT2D eigenvalue weighted by Crippen LogP contribution is 2.31. The van der Waals surface area contributed by atoms with Gasteiger partial charge in [0.1, 0.15) is 12.1 Å². The van der Waals surface area contributed by atoms with Gasteiger partial charge in [-0.1, -0.05) is 36.4 Å². The molecular weight excluding hydrogens is 394 g/mol. The Hall–Kier alpha value is -4.00. The summed E-state index contributed by atoms with van der Waals surface area (Å²) >= 11 is 0. The van der Waals surface area contributed by atoms with Crippen molar-refractivity contribution < 1.29 is 19.2 Å². The fraction of sp³-hybridized carbons (Fsp3) is 0.167. The number of hydrogen-bond acceptors (Lipinski definition) is 4. The van der Waals surface area contributed by atoms with Gasteiger partial charge < -0.3 is 10.6 Å². The number of urea groups is 1. The van der Waals surface area contributed by atoms with Crippen LogP contribution < -0.4 is 10.6 Å². The van der Waals surface area contributed by atoms with Gasteiger partial charge in [-0.2, -0.15) is 0 Å². The Morgan fingerprint density at radius 1 is 0.968 bits per heavy atom. The number of amides is 4. The van der Waals surface area contributed by atoms with Gasteiger partial charge in [-0.3, -0.25) is 19.3 Å². The molecule has 2 N–H and O–H groups in total. The predicted octanol–water partition coefficient (Wildman–Crippen LogP) is 3.45. The summed E-state index contributed by atoms with van der Waals surface area (Å²) in [7, 11) is 0. The van der Waals surface area contributed by atoms with Crippen molar-refractivity contribution in [2.24, 2.45) is 0 Å². The average molecular weight is 415 g/mol. The molecule has 4 rings (SSSR count). The predicted molar refractivity (Wildman–Crippen MR) is 117 cm³/mol. The first-order valence-electron chi connectivity index (χ1n) is 9.82. The number of fused-ring (bicyclic) bond motifs is 1.